The monoisotopic (exact) mass is 239 g/mol. The van der Waals surface area contributed by atoms with Crippen LogP contribution in [0.1, 0.15) is 6.42 Å². The third kappa shape index (κ3) is 3.28. The quantitative estimate of drug-likeness (QED) is 0.453. The first-order valence-electron chi connectivity index (χ1n) is 3.52. The number of rotatable bonds is 4. The molecule has 2 nitrogen and oxygen atoms in total. The Morgan fingerprint density at radius 1 is 1.21 bits per heavy atom. The minimum absolute atomic E-state index is 0.0673. The van der Waals surface area contributed by atoms with E-state index in [0.29, 0.717) is 0 Å². The first-order valence-corrected chi connectivity index (χ1v) is 4.05. The van der Waals surface area contributed by atoms with Crippen molar-refractivity contribution >= 4 is 17.5 Å². The van der Waals surface area contributed by atoms with Gasteiger partial charge in [-0.05, 0) is 6.42 Å². The standard InChI is InChI=1S/C6H7ClF5NO/c7-2-1-3-13-4(14)5(8,9)6(10,11)12/h1-3H2,(H,13,14). The van der Waals surface area contributed by atoms with Gasteiger partial charge in [-0.1, -0.05) is 0 Å². The van der Waals surface area contributed by atoms with Crippen molar-refractivity contribution in [2.24, 2.45) is 0 Å². The summed E-state index contributed by atoms with van der Waals surface area (Å²) in [6.07, 6.45) is -5.74. The van der Waals surface area contributed by atoms with E-state index < -0.39 is 18.0 Å². The SMILES string of the molecule is O=C(NCCCCl)C(F)(F)C(F)(F)F. The maximum absolute atomic E-state index is 12.2. The maximum atomic E-state index is 12.2. The highest BCUT2D eigenvalue weighted by molar-refractivity contribution is 6.17. The molecule has 0 aliphatic carbocycles. The van der Waals surface area contributed by atoms with Crippen molar-refractivity contribution in [1.82, 2.24) is 5.32 Å². The van der Waals surface area contributed by atoms with Crippen molar-refractivity contribution in [3.05, 3.63) is 0 Å². The van der Waals surface area contributed by atoms with Gasteiger partial charge in [0, 0.05) is 12.4 Å². The lowest BCUT2D eigenvalue weighted by Crippen LogP contribution is -2.50. The van der Waals surface area contributed by atoms with Crippen LogP contribution in [0.2, 0.25) is 0 Å². The number of carbonyl (C=O) groups is 1. The fraction of sp³-hybridized carbons (Fsp3) is 0.833. The molecule has 0 bridgehead atoms. The largest absolute Gasteiger partial charge is 0.463 e. The molecule has 0 saturated heterocycles. The second-order valence-electron chi connectivity index (χ2n) is 2.37. The molecular weight excluding hydrogens is 233 g/mol. The number of hydrogen-bond acceptors (Lipinski definition) is 1. The van der Waals surface area contributed by atoms with Crippen LogP contribution in [-0.4, -0.2) is 30.4 Å². The molecule has 8 heteroatoms. The summed E-state index contributed by atoms with van der Waals surface area (Å²) in [6.45, 7) is -0.312. The van der Waals surface area contributed by atoms with E-state index in [2.05, 4.69) is 0 Å². The van der Waals surface area contributed by atoms with Crippen molar-refractivity contribution in [3.8, 4) is 0 Å². The van der Waals surface area contributed by atoms with Crippen LogP contribution >= 0.6 is 11.6 Å². The summed E-state index contributed by atoms with van der Waals surface area (Å²) in [5.74, 6) is -7.63. The van der Waals surface area contributed by atoms with E-state index in [4.69, 9.17) is 11.6 Å². The van der Waals surface area contributed by atoms with Crippen LogP contribution in [0.25, 0.3) is 0 Å². The second kappa shape index (κ2) is 4.77. The number of alkyl halides is 6. The fourth-order valence-corrected chi connectivity index (χ4v) is 0.642. The van der Waals surface area contributed by atoms with Gasteiger partial charge in [0.25, 0.3) is 5.91 Å². The topological polar surface area (TPSA) is 29.1 Å². The van der Waals surface area contributed by atoms with Crippen molar-refractivity contribution in [2.75, 3.05) is 12.4 Å². The summed E-state index contributed by atoms with van der Waals surface area (Å²) in [5.41, 5.74) is 0. The lowest BCUT2D eigenvalue weighted by molar-refractivity contribution is -0.269. The minimum Gasteiger partial charge on any atom is -0.351 e. The molecule has 14 heavy (non-hydrogen) atoms. The van der Waals surface area contributed by atoms with Gasteiger partial charge in [-0.15, -0.1) is 11.6 Å². The molecule has 1 amide bonds. The van der Waals surface area contributed by atoms with Crippen LogP contribution in [0.5, 0.6) is 0 Å². The number of hydrogen-bond donors (Lipinski definition) is 1. The summed E-state index contributed by atoms with van der Waals surface area (Å²) in [6, 6.07) is 0. The minimum atomic E-state index is -5.86. The highest BCUT2D eigenvalue weighted by Gasteiger charge is 2.63. The van der Waals surface area contributed by atoms with E-state index in [1.54, 1.807) is 0 Å². The van der Waals surface area contributed by atoms with Gasteiger partial charge in [-0.2, -0.15) is 22.0 Å². The summed E-state index contributed by atoms with van der Waals surface area (Å²) in [5, 5.41) is 1.44. The summed E-state index contributed by atoms with van der Waals surface area (Å²) in [7, 11) is 0. The Kier molecular flexibility index (Phi) is 4.57. The molecule has 0 radical (unpaired) electrons. The molecule has 1 N–H and O–H groups in total. The molecule has 0 saturated carbocycles. The molecule has 0 aliphatic rings. The number of halogens is 6. The highest BCUT2D eigenvalue weighted by atomic mass is 35.5. The average molecular weight is 240 g/mol. The molecule has 0 aromatic rings. The van der Waals surface area contributed by atoms with Crippen molar-refractivity contribution in [3.63, 3.8) is 0 Å². The summed E-state index contributed by atoms with van der Waals surface area (Å²) in [4.78, 5) is 10.4. The van der Waals surface area contributed by atoms with Gasteiger partial charge in [0.2, 0.25) is 0 Å². The van der Waals surface area contributed by atoms with Crippen LogP contribution in [0.15, 0.2) is 0 Å². The molecule has 0 fully saturated rings. The zero-order valence-electron chi connectivity index (χ0n) is 6.80. The Balaban J connectivity index is 4.23. The van der Waals surface area contributed by atoms with Gasteiger partial charge in [0.15, 0.2) is 0 Å². The van der Waals surface area contributed by atoms with Crippen LogP contribution in [0.4, 0.5) is 22.0 Å². The Morgan fingerprint density at radius 3 is 2.07 bits per heavy atom. The Morgan fingerprint density at radius 2 is 1.71 bits per heavy atom. The van der Waals surface area contributed by atoms with Crippen molar-refractivity contribution in [2.45, 2.75) is 18.5 Å². The predicted octanol–water partition coefficient (Wildman–Crippen LogP) is 1.93. The number of carbonyl (C=O) groups excluding carboxylic acids is 1. The number of nitrogens with one attached hydrogen (secondary N) is 1. The Hall–Kier alpha value is -0.590. The normalized spacial score (nSPS) is 12.7. The third-order valence-electron chi connectivity index (χ3n) is 1.24. The molecule has 0 aliphatic heterocycles. The van der Waals surface area contributed by atoms with Crippen LogP contribution < -0.4 is 5.32 Å². The number of amides is 1. The summed E-state index contributed by atoms with van der Waals surface area (Å²) < 4.78 is 59.0. The van der Waals surface area contributed by atoms with E-state index in [1.165, 1.54) is 5.32 Å². The Bertz CT molecular complexity index is 205. The molecule has 0 rings (SSSR count). The lowest BCUT2D eigenvalue weighted by atomic mass is 10.3. The van der Waals surface area contributed by atoms with E-state index in [9.17, 15) is 26.7 Å². The zero-order valence-corrected chi connectivity index (χ0v) is 7.55. The highest BCUT2D eigenvalue weighted by Crippen LogP contribution is 2.35. The van der Waals surface area contributed by atoms with Gasteiger partial charge >= 0.3 is 12.1 Å². The molecule has 0 unspecified atom stereocenters. The fourth-order valence-electron chi connectivity index (χ4n) is 0.508. The zero-order chi connectivity index (χ0) is 11.4. The lowest BCUT2D eigenvalue weighted by Gasteiger charge is -2.18. The van der Waals surface area contributed by atoms with Crippen molar-refractivity contribution in [1.29, 1.82) is 0 Å². The van der Waals surface area contributed by atoms with E-state index in [0.717, 1.165) is 0 Å². The van der Waals surface area contributed by atoms with E-state index in [1.807, 2.05) is 0 Å². The first-order chi connectivity index (χ1) is 6.23. The smallest absolute Gasteiger partial charge is 0.351 e. The van der Waals surface area contributed by atoms with Crippen molar-refractivity contribution < 1.29 is 26.7 Å². The Labute approximate surface area is 81.4 Å². The molecule has 0 heterocycles. The van der Waals surface area contributed by atoms with Gasteiger partial charge in [-0.3, -0.25) is 4.79 Å². The third-order valence-corrected chi connectivity index (χ3v) is 1.50. The second-order valence-corrected chi connectivity index (χ2v) is 2.75. The van der Waals surface area contributed by atoms with Gasteiger partial charge < -0.3 is 5.32 Å². The van der Waals surface area contributed by atoms with E-state index >= 15 is 0 Å². The predicted molar refractivity (Wildman–Crippen MR) is 39.3 cm³/mol. The molecule has 84 valence electrons. The van der Waals surface area contributed by atoms with Gasteiger partial charge in [0.05, 0.1) is 0 Å². The molecular formula is C6H7ClF5NO. The maximum Gasteiger partial charge on any atom is 0.463 e. The van der Waals surface area contributed by atoms with Gasteiger partial charge in [0.1, 0.15) is 0 Å². The van der Waals surface area contributed by atoms with E-state index in [-0.39, 0.29) is 18.8 Å². The molecule has 0 spiro atoms. The first kappa shape index (κ1) is 13.4. The molecule has 0 aromatic heterocycles. The van der Waals surface area contributed by atoms with Crippen LogP contribution in [0, 0.1) is 0 Å². The average Bonchev–Trinajstić information content (AvgIpc) is 2.02. The van der Waals surface area contributed by atoms with Gasteiger partial charge in [-0.25, -0.2) is 0 Å². The molecule has 0 atom stereocenters. The summed E-state index contributed by atoms with van der Waals surface area (Å²) >= 11 is 5.13. The van der Waals surface area contributed by atoms with Crippen LogP contribution in [-0.2, 0) is 4.79 Å². The molecule has 0 aromatic carbocycles. The van der Waals surface area contributed by atoms with Crippen LogP contribution in [0.3, 0.4) is 0 Å².